The highest BCUT2D eigenvalue weighted by Gasteiger charge is 2.38. The standard InChI is InChI=1S/C65H87N3O6/c1-45(51-25-27-54-56(42-51)64(7,8)32-30-62(54,3)4)40-47-17-21-49(22-18-47)58(69)44-53(61(72)68-36-15-38-74-37-14-35-66-59(70)29-39-73-11)16-12-13-34-67-60(71)50-23-19-48(20-24-50)41-46(2)52-26-28-55-57(43-52)65(9,10)33-31-63(55,5)6/h17-28,40-43,53H,12-16,29-39,44H2,1-11H3,(H,66,70)(H,67,71)(H,68,72)/b45-40+,46-41+. The van der Waals surface area contributed by atoms with Crippen LogP contribution in [0.5, 0.6) is 0 Å². The number of carbonyl (C=O) groups excluding carboxylic acids is 4. The molecule has 9 nitrogen and oxygen atoms in total. The van der Waals surface area contributed by atoms with Crippen LogP contribution in [0.3, 0.4) is 0 Å². The number of nitrogens with one attached hydrogen (secondary N) is 3. The molecule has 2 aliphatic rings. The topological polar surface area (TPSA) is 123 Å². The Labute approximate surface area is 444 Å². The predicted molar refractivity (Wildman–Crippen MR) is 305 cm³/mol. The number of rotatable bonds is 25. The third kappa shape index (κ3) is 15.7. The molecule has 0 saturated heterocycles. The fourth-order valence-electron chi connectivity index (χ4n) is 10.6. The molecule has 1 atom stereocenters. The molecule has 0 heterocycles. The molecule has 74 heavy (non-hydrogen) atoms. The number of benzene rings is 4. The number of hydrogen-bond donors (Lipinski definition) is 3. The Bertz CT molecular complexity index is 2630. The lowest BCUT2D eigenvalue weighted by Crippen LogP contribution is -2.33. The maximum Gasteiger partial charge on any atom is 0.251 e. The van der Waals surface area contributed by atoms with Crippen molar-refractivity contribution in [3.8, 4) is 0 Å². The predicted octanol–water partition coefficient (Wildman–Crippen LogP) is 13.4. The van der Waals surface area contributed by atoms with Crippen LogP contribution in [0.15, 0.2) is 84.9 Å². The van der Waals surface area contributed by atoms with Gasteiger partial charge in [-0.15, -0.1) is 0 Å². The Hall–Kier alpha value is -5.64. The first-order valence-corrected chi connectivity index (χ1v) is 27.4. The fraction of sp³-hybridized carbons (Fsp3) is 0.508. The van der Waals surface area contributed by atoms with Gasteiger partial charge in [0, 0.05) is 69.8 Å². The van der Waals surface area contributed by atoms with Gasteiger partial charge >= 0.3 is 0 Å². The minimum absolute atomic E-state index is 0.0449. The molecule has 0 aliphatic heterocycles. The van der Waals surface area contributed by atoms with E-state index in [1.54, 1.807) is 7.11 Å². The van der Waals surface area contributed by atoms with E-state index in [1.165, 1.54) is 58.2 Å². The number of hydrogen-bond acceptors (Lipinski definition) is 6. The van der Waals surface area contributed by atoms with Crippen LogP contribution in [0.2, 0.25) is 0 Å². The lowest BCUT2D eigenvalue weighted by atomic mass is 9.63. The Morgan fingerprint density at radius 3 is 1.47 bits per heavy atom. The highest BCUT2D eigenvalue weighted by Crippen LogP contribution is 2.48. The first-order chi connectivity index (χ1) is 35.1. The van der Waals surface area contributed by atoms with Crippen LogP contribution in [-0.2, 0) is 40.7 Å². The lowest BCUT2D eigenvalue weighted by Gasteiger charge is -2.42. The molecule has 2 aliphatic carbocycles. The van der Waals surface area contributed by atoms with Crippen molar-refractivity contribution in [2.75, 3.05) is 46.6 Å². The molecule has 1 unspecified atom stereocenters. The van der Waals surface area contributed by atoms with E-state index < -0.39 is 5.92 Å². The summed E-state index contributed by atoms with van der Waals surface area (Å²) in [5, 5.41) is 8.97. The summed E-state index contributed by atoms with van der Waals surface area (Å²) < 4.78 is 10.7. The van der Waals surface area contributed by atoms with E-state index in [2.05, 4.69) is 134 Å². The highest BCUT2D eigenvalue weighted by atomic mass is 16.5. The van der Waals surface area contributed by atoms with Crippen LogP contribution in [0, 0.1) is 5.92 Å². The minimum Gasteiger partial charge on any atom is -0.384 e. The lowest BCUT2D eigenvalue weighted by molar-refractivity contribution is -0.125. The third-order valence-electron chi connectivity index (χ3n) is 15.9. The van der Waals surface area contributed by atoms with Gasteiger partial charge in [-0.25, -0.2) is 0 Å². The summed E-state index contributed by atoms with van der Waals surface area (Å²) in [7, 11) is 1.57. The van der Waals surface area contributed by atoms with E-state index in [0.717, 1.165) is 23.1 Å². The second-order valence-electron chi connectivity index (χ2n) is 23.7. The molecular formula is C65H87N3O6. The van der Waals surface area contributed by atoms with Crippen molar-refractivity contribution in [3.05, 3.63) is 141 Å². The first kappa shape index (κ1) is 57.6. The van der Waals surface area contributed by atoms with Gasteiger partial charge in [0.2, 0.25) is 11.8 Å². The number of amides is 3. The van der Waals surface area contributed by atoms with Crippen LogP contribution < -0.4 is 16.0 Å². The number of allylic oxidation sites excluding steroid dienone is 2. The van der Waals surface area contributed by atoms with Gasteiger partial charge in [-0.2, -0.15) is 0 Å². The molecule has 4 aromatic rings. The number of carbonyl (C=O) groups is 4. The molecule has 0 spiro atoms. The molecule has 6 rings (SSSR count). The van der Waals surface area contributed by atoms with Crippen LogP contribution in [0.25, 0.3) is 23.3 Å². The van der Waals surface area contributed by atoms with Gasteiger partial charge in [0.25, 0.3) is 5.91 Å². The second kappa shape index (κ2) is 25.7. The van der Waals surface area contributed by atoms with Gasteiger partial charge < -0.3 is 25.4 Å². The van der Waals surface area contributed by atoms with Crippen molar-refractivity contribution < 1.29 is 28.7 Å². The average Bonchev–Trinajstić information content (AvgIpc) is 3.37. The van der Waals surface area contributed by atoms with Crippen LogP contribution >= 0.6 is 0 Å². The Morgan fingerprint density at radius 2 is 0.973 bits per heavy atom. The van der Waals surface area contributed by atoms with Crippen molar-refractivity contribution in [2.24, 2.45) is 5.92 Å². The molecule has 0 fully saturated rings. The second-order valence-corrected chi connectivity index (χ2v) is 23.7. The Morgan fingerprint density at radius 1 is 0.527 bits per heavy atom. The fourth-order valence-corrected chi connectivity index (χ4v) is 10.6. The van der Waals surface area contributed by atoms with E-state index in [9.17, 15) is 19.2 Å². The smallest absolute Gasteiger partial charge is 0.251 e. The SMILES string of the molecule is COCCC(=O)NCCCOCCCNC(=O)C(CCCCNC(=O)c1ccc(/C=C(\C)c2ccc3c(c2)C(C)(C)CCC3(C)C)cc1)CC(=O)c1ccc(/C=C(\C)c2ccc3c(c2)C(C)(C)CCC3(C)C)cc1. The van der Waals surface area contributed by atoms with Gasteiger partial charge in [0.15, 0.2) is 5.78 Å². The molecule has 0 bridgehead atoms. The van der Waals surface area contributed by atoms with Gasteiger partial charge in [0.05, 0.1) is 6.61 Å². The molecule has 0 aromatic heterocycles. The zero-order valence-electron chi connectivity index (χ0n) is 46.8. The molecule has 4 aromatic carbocycles. The van der Waals surface area contributed by atoms with Gasteiger partial charge in [-0.05, 0) is 155 Å². The first-order valence-electron chi connectivity index (χ1n) is 27.4. The van der Waals surface area contributed by atoms with E-state index in [-0.39, 0.29) is 51.6 Å². The Kier molecular flexibility index (Phi) is 20.0. The molecule has 0 saturated carbocycles. The summed E-state index contributed by atoms with van der Waals surface area (Å²) in [5.41, 5.74) is 14.4. The van der Waals surface area contributed by atoms with E-state index in [1.807, 2.05) is 48.5 Å². The summed E-state index contributed by atoms with van der Waals surface area (Å²) in [6, 6.07) is 29.3. The summed E-state index contributed by atoms with van der Waals surface area (Å²) in [4.78, 5) is 52.6. The summed E-state index contributed by atoms with van der Waals surface area (Å²) in [6.07, 6.45) is 12.6. The van der Waals surface area contributed by atoms with E-state index in [0.29, 0.717) is 89.1 Å². The van der Waals surface area contributed by atoms with Gasteiger partial charge in [-0.1, -0.05) is 147 Å². The normalized spacial score (nSPS) is 16.9. The van der Waals surface area contributed by atoms with E-state index in [4.69, 9.17) is 9.47 Å². The monoisotopic (exact) mass is 1010 g/mol. The van der Waals surface area contributed by atoms with Crippen molar-refractivity contribution in [1.82, 2.24) is 16.0 Å². The van der Waals surface area contributed by atoms with Crippen LogP contribution in [0.1, 0.15) is 205 Å². The summed E-state index contributed by atoms with van der Waals surface area (Å²) >= 11 is 0. The number of fused-ring (bicyclic) bond motifs is 2. The zero-order chi connectivity index (χ0) is 53.7. The van der Waals surface area contributed by atoms with Gasteiger partial charge in [0.1, 0.15) is 0 Å². The zero-order valence-corrected chi connectivity index (χ0v) is 46.8. The molecule has 0 radical (unpaired) electrons. The summed E-state index contributed by atoms with van der Waals surface area (Å²) in [5.74, 6) is -0.940. The minimum atomic E-state index is -0.524. The average molecular weight is 1010 g/mol. The molecule has 9 heteroatoms. The van der Waals surface area contributed by atoms with Crippen molar-refractivity contribution >= 4 is 46.8 Å². The number of methoxy groups -OCH3 is 1. The van der Waals surface area contributed by atoms with Crippen molar-refractivity contribution in [3.63, 3.8) is 0 Å². The number of Topliss-reactive ketones (excluding diaryl/α,β-unsaturated/α-hetero) is 1. The maximum atomic E-state index is 13.8. The highest BCUT2D eigenvalue weighted by molar-refractivity contribution is 5.99. The quantitative estimate of drug-likeness (QED) is 0.0345. The third-order valence-corrected chi connectivity index (χ3v) is 15.9. The number of unbranched alkanes of at least 4 members (excludes halogenated alkanes) is 1. The largest absolute Gasteiger partial charge is 0.384 e. The van der Waals surface area contributed by atoms with Crippen LogP contribution in [-0.4, -0.2) is 70.1 Å². The van der Waals surface area contributed by atoms with Crippen LogP contribution in [0.4, 0.5) is 0 Å². The number of ketones is 1. The molecule has 3 amide bonds. The Balaban J connectivity index is 1.02. The van der Waals surface area contributed by atoms with Gasteiger partial charge in [-0.3, -0.25) is 19.2 Å². The molecule has 3 N–H and O–H groups in total. The summed E-state index contributed by atoms with van der Waals surface area (Å²) in [6.45, 7) is 25.9. The maximum absolute atomic E-state index is 13.8. The molecule has 398 valence electrons. The van der Waals surface area contributed by atoms with Crippen molar-refractivity contribution in [2.45, 2.75) is 162 Å². The number of ether oxygens (including phenoxy) is 2. The van der Waals surface area contributed by atoms with Crippen molar-refractivity contribution in [1.29, 1.82) is 0 Å². The van der Waals surface area contributed by atoms with E-state index >= 15 is 0 Å². The molecular weight excluding hydrogens is 919 g/mol.